The van der Waals surface area contributed by atoms with Crippen LogP contribution < -0.4 is 25.4 Å². The Labute approximate surface area is 248 Å². The highest BCUT2D eigenvalue weighted by atomic mass is 79.9. The number of benzene rings is 3. The maximum absolute atomic E-state index is 12.5. The number of fused-ring (bicyclic) bond motifs is 1. The van der Waals surface area contributed by atoms with Crippen molar-refractivity contribution in [3.05, 3.63) is 72.8 Å². The first-order chi connectivity index (χ1) is 18.8. The predicted molar refractivity (Wildman–Crippen MR) is 170 cm³/mol. The maximum Gasteiger partial charge on any atom is 0.413 e. The van der Waals surface area contributed by atoms with Crippen LogP contribution in [0.5, 0.6) is 5.75 Å². The Morgan fingerprint density at radius 3 is 1.98 bits per heavy atom. The number of hydrogen-bond acceptors (Lipinski definition) is 6. The van der Waals surface area contributed by atoms with Gasteiger partial charge in [-0.15, -0.1) is 0 Å². The van der Waals surface area contributed by atoms with Gasteiger partial charge in [0.05, 0.1) is 10.0 Å². The molecule has 0 spiro atoms. The number of hydrogen-bond donors (Lipinski definition) is 2. The highest BCUT2D eigenvalue weighted by molar-refractivity contribution is 9.09. The average molecular weight is 641 g/mol. The van der Waals surface area contributed by atoms with E-state index in [4.69, 9.17) is 14.1 Å². The summed E-state index contributed by atoms with van der Waals surface area (Å²) in [5.41, 5.74) is 0.532. The fraction of sp³-hybridized carbons (Fsp3) is 0.300. The average Bonchev–Trinajstić information content (AvgIpc) is 3.28. The molecule has 7 nitrogen and oxygen atoms in total. The fourth-order valence-electron chi connectivity index (χ4n) is 4.60. The molecule has 0 saturated heterocycles. The molecule has 4 aromatic rings. The Bertz CT molecular complexity index is 1460. The summed E-state index contributed by atoms with van der Waals surface area (Å²) in [5, 5.41) is 8.14. The second-order valence-corrected chi connectivity index (χ2v) is 17.2. The first-order valence-corrected chi connectivity index (χ1v) is 16.8. The van der Waals surface area contributed by atoms with Crippen LogP contribution in [0.1, 0.15) is 41.5 Å². The number of amides is 2. The van der Waals surface area contributed by atoms with Gasteiger partial charge in [0.15, 0.2) is 5.13 Å². The van der Waals surface area contributed by atoms with Gasteiger partial charge in [-0.3, -0.25) is 10.1 Å². The summed E-state index contributed by atoms with van der Waals surface area (Å²) in [6.07, 6.45) is -0.589. The molecule has 0 atom stereocenters. The number of anilines is 2. The van der Waals surface area contributed by atoms with E-state index in [9.17, 15) is 9.59 Å². The van der Waals surface area contributed by atoms with Gasteiger partial charge in [0, 0.05) is 11.8 Å². The number of nitrogens with one attached hydrogen (secondary N) is 2. The molecule has 4 rings (SSSR count). The third-order valence-corrected chi connectivity index (χ3v) is 12.5. The molecule has 10 heteroatoms. The summed E-state index contributed by atoms with van der Waals surface area (Å²) in [4.78, 5) is 29.6. The van der Waals surface area contributed by atoms with Crippen molar-refractivity contribution in [1.29, 1.82) is 0 Å². The van der Waals surface area contributed by atoms with Gasteiger partial charge >= 0.3 is 14.4 Å². The molecule has 2 amide bonds. The van der Waals surface area contributed by atoms with Crippen LogP contribution in [0.3, 0.4) is 0 Å². The molecule has 3 aromatic carbocycles. The van der Waals surface area contributed by atoms with Crippen LogP contribution in [0.4, 0.5) is 15.6 Å². The van der Waals surface area contributed by atoms with Crippen molar-refractivity contribution < 1.29 is 18.8 Å². The molecular weight excluding hydrogens is 606 g/mol. The molecule has 0 bridgehead atoms. The summed E-state index contributed by atoms with van der Waals surface area (Å²) < 4.78 is 13.5. The Morgan fingerprint density at radius 2 is 1.48 bits per heavy atom. The topological polar surface area (TPSA) is 89.6 Å². The van der Waals surface area contributed by atoms with Gasteiger partial charge < -0.3 is 14.5 Å². The van der Waals surface area contributed by atoms with Crippen LogP contribution in [0.15, 0.2) is 72.8 Å². The van der Waals surface area contributed by atoms with Gasteiger partial charge in [-0.25, -0.2) is 9.78 Å². The number of carbonyl (C=O) groups excluding carboxylic acids is 2. The van der Waals surface area contributed by atoms with Crippen LogP contribution >= 0.6 is 27.3 Å². The van der Waals surface area contributed by atoms with E-state index in [2.05, 4.69) is 71.6 Å². The lowest BCUT2D eigenvalue weighted by Crippen LogP contribution is -2.68. The minimum Gasteiger partial charge on any atom is -0.532 e. The molecule has 0 aliphatic carbocycles. The van der Waals surface area contributed by atoms with E-state index in [0.29, 0.717) is 22.1 Å². The second kappa shape index (κ2) is 11.7. The first-order valence-electron chi connectivity index (χ1n) is 12.9. The lowest BCUT2D eigenvalue weighted by molar-refractivity contribution is -0.113. The van der Waals surface area contributed by atoms with Crippen molar-refractivity contribution >= 4 is 79.0 Å². The Morgan fingerprint density at radius 1 is 0.900 bits per heavy atom. The van der Waals surface area contributed by atoms with E-state index >= 15 is 0 Å². The second-order valence-electron chi connectivity index (χ2n) is 11.4. The molecule has 0 unspecified atom stereocenters. The molecule has 0 saturated carbocycles. The largest absolute Gasteiger partial charge is 0.532 e. The van der Waals surface area contributed by atoms with Crippen LogP contribution in [0, 0.1) is 0 Å². The molecule has 0 aliphatic heterocycles. The molecular formula is C30H34BrN3O4SSi. The van der Waals surface area contributed by atoms with Crippen LogP contribution in [0.2, 0.25) is 5.04 Å². The number of alkyl halides is 1. The van der Waals surface area contributed by atoms with E-state index in [-0.39, 0.29) is 16.3 Å². The molecule has 210 valence electrons. The van der Waals surface area contributed by atoms with Crippen molar-refractivity contribution in [2.24, 2.45) is 0 Å². The first kappa shape index (κ1) is 29.8. The van der Waals surface area contributed by atoms with Crippen molar-refractivity contribution in [3.8, 4) is 5.75 Å². The highest BCUT2D eigenvalue weighted by Gasteiger charge is 2.52. The summed E-state index contributed by atoms with van der Waals surface area (Å²) in [7, 11) is -3.00. The zero-order chi connectivity index (χ0) is 29.1. The molecule has 0 radical (unpaired) electrons. The predicted octanol–water partition coefficient (Wildman–Crippen LogP) is 6.92. The van der Waals surface area contributed by atoms with Crippen molar-refractivity contribution in [1.82, 2.24) is 4.98 Å². The molecule has 1 aromatic heterocycles. The van der Waals surface area contributed by atoms with Gasteiger partial charge in [0.25, 0.3) is 0 Å². The number of aromatic nitrogens is 1. The van der Waals surface area contributed by atoms with Crippen molar-refractivity contribution in [2.45, 2.75) is 52.2 Å². The number of nitrogens with zero attached hydrogens (tertiary/aromatic N) is 1. The van der Waals surface area contributed by atoms with Crippen LogP contribution in [-0.4, -0.2) is 36.2 Å². The van der Waals surface area contributed by atoms with Crippen molar-refractivity contribution in [2.75, 3.05) is 16.0 Å². The third-order valence-electron chi connectivity index (χ3n) is 6.15. The quantitative estimate of drug-likeness (QED) is 0.169. The van der Waals surface area contributed by atoms with Crippen molar-refractivity contribution in [3.63, 3.8) is 0 Å². The lowest BCUT2D eigenvalue weighted by Gasteiger charge is -2.43. The van der Waals surface area contributed by atoms with Gasteiger partial charge in [0.1, 0.15) is 16.9 Å². The Hall–Kier alpha value is -3.21. The maximum atomic E-state index is 12.5. The zero-order valence-electron chi connectivity index (χ0n) is 23.5. The molecule has 0 fully saturated rings. The fourth-order valence-corrected chi connectivity index (χ4v) is 10.1. The molecule has 1 heterocycles. The zero-order valence-corrected chi connectivity index (χ0v) is 26.9. The minimum atomic E-state index is -3.00. The van der Waals surface area contributed by atoms with E-state index in [1.807, 2.05) is 48.5 Å². The van der Waals surface area contributed by atoms with E-state index < -0.39 is 20.0 Å². The SMILES string of the molecule is CC(C)(C)OC(=O)Nc1nc2c(O[Si](c3ccccc3)(c3ccccc3)C(C)(C)C)cc(NC(=O)CBr)cc2s1. The van der Waals surface area contributed by atoms with Gasteiger partial charge in [-0.05, 0) is 42.2 Å². The summed E-state index contributed by atoms with van der Waals surface area (Å²) in [6.45, 7) is 12.0. The number of ether oxygens (including phenoxy) is 1. The van der Waals surface area contributed by atoms with E-state index in [1.165, 1.54) is 11.3 Å². The lowest BCUT2D eigenvalue weighted by atomic mass is 10.2. The number of halogens is 1. The van der Waals surface area contributed by atoms with Gasteiger partial charge in [-0.1, -0.05) is 109 Å². The number of rotatable bonds is 7. The third kappa shape index (κ3) is 6.56. The standard InChI is InChI=1S/C30H34BrN3O4SSi/c1-29(2,3)37-28(36)34-27-33-26-23(17-20(18-24(26)39-27)32-25(35)19-31)38-40(30(4,5)6,21-13-9-7-10-14-21)22-15-11-8-12-16-22/h7-18H,19H2,1-6H3,(H,32,35)(H,33,34,36). The highest BCUT2D eigenvalue weighted by Crippen LogP contribution is 2.42. The molecule has 40 heavy (non-hydrogen) atoms. The van der Waals surface area contributed by atoms with Gasteiger partial charge in [0.2, 0.25) is 5.91 Å². The normalized spacial score (nSPS) is 12.2. The summed E-state index contributed by atoms with van der Waals surface area (Å²) >= 11 is 4.51. The molecule has 2 N–H and O–H groups in total. The Kier molecular flexibility index (Phi) is 8.72. The number of thiazole rings is 1. The van der Waals surface area contributed by atoms with E-state index in [0.717, 1.165) is 15.1 Å². The monoisotopic (exact) mass is 639 g/mol. The van der Waals surface area contributed by atoms with Gasteiger partial charge in [-0.2, -0.15) is 0 Å². The van der Waals surface area contributed by atoms with Crippen LogP contribution in [-0.2, 0) is 9.53 Å². The number of carbonyl (C=O) groups is 2. The molecule has 0 aliphatic rings. The minimum absolute atomic E-state index is 0.157. The summed E-state index contributed by atoms with van der Waals surface area (Å²) in [6, 6.07) is 24.3. The van der Waals surface area contributed by atoms with E-state index in [1.54, 1.807) is 20.8 Å². The Balaban J connectivity index is 1.91. The summed E-state index contributed by atoms with van der Waals surface area (Å²) in [5.74, 6) is 0.345. The van der Waals surface area contributed by atoms with Crippen LogP contribution in [0.25, 0.3) is 10.2 Å². The smallest absolute Gasteiger partial charge is 0.413 e.